The number of rotatable bonds is 6. The molecule has 1 amide bonds. The van der Waals surface area contributed by atoms with E-state index < -0.39 is 0 Å². The smallest absolute Gasteiger partial charge is 0.251 e. The number of thioether (sulfide) groups is 1. The zero-order valence-electron chi connectivity index (χ0n) is 13.1. The van der Waals surface area contributed by atoms with Gasteiger partial charge in [0.05, 0.1) is 0 Å². The van der Waals surface area contributed by atoms with Gasteiger partial charge in [0.1, 0.15) is 0 Å². The Morgan fingerprint density at radius 2 is 1.86 bits per heavy atom. The van der Waals surface area contributed by atoms with Crippen LogP contribution in [-0.2, 0) is 0 Å². The number of hydrogen-bond donors (Lipinski definition) is 2. The zero-order chi connectivity index (χ0) is 15.1. The average molecular weight is 306 g/mol. The molecule has 0 bridgehead atoms. The number of carbonyl (C=O) groups is 1. The Bertz CT molecular complexity index is 452. The standard InChI is InChI=1S/C17H26N2OS/c1-3-18-15-9-7-14(8-10-15)16(20)19-13-17(21-2)11-5-4-6-12-17/h7-10,18H,3-6,11-13H2,1-2H3,(H,19,20). The highest BCUT2D eigenvalue weighted by Gasteiger charge is 2.31. The van der Waals surface area contributed by atoms with Crippen molar-refractivity contribution in [2.24, 2.45) is 0 Å². The van der Waals surface area contributed by atoms with E-state index in [4.69, 9.17) is 0 Å². The molecule has 2 N–H and O–H groups in total. The van der Waals surface area contributed by atoms with E-state index in [1.54, 1.807) is 0 Å². The molecule has 2 rings (SSSR count). The Labute approximate surface area is 132 Å². The van der Waals surface area contributed by atoms with Crippen LogP contribution < -0.4 is 10.6 Å². The minimum Gasteiger partial charge on any atom is -0.385 e. The molecule has 1 aromatic carbocycles. The van der Waals surface area contributed by atoms with Crippen LogP contribution in [0, 0.1) is 0 Å². The van der Waals surface area contributed by atoms with Crippen LogP contribution in [0.25, 0.3) is 0 Å². The van der Waals surface area contributed by atoms with Gasteiger partial charge in [0.25, 0.3) is 5.91 Å². The predicted octanol–water partition coefficient (Wildman–Crippen LogP) is 3.91. The summed E-state index contributed by atoms with van der Waals surface area (Å²) >= 11 is 1.91. The summed E-state index contributed by atoms with van der Waals surface area (Å²) in [6, 6.07) is 7.70. The van der Waals surface area contributed by atoms with E-state index in [2.05, 4.69) is 23.8 Å². The number of nitrogens with one attached hydrogen (secondary N) is 2. The molecule has 1 aliphatic carbocycles. The lowest BCUT2D eigenvalue weighted by Gasteiger charge is -2.35. The number of carbonyl (C=O) groups excluding carboxylic acids is 1. The van der Waals surface area contributed by atoms with Crippen LogP contribution in [0.3, 0.4) is 0 Å². The maximum atomic E-state index is 12.3. The van der Waals surface area contributed by atoms with E-state index in [9.17, 15) is 4.79 Å². The van der Waals surface area contributed by atoms with Gasteiger partial charge in [-0.2, -0.15) is 11.8 Å². The number of amides is 1. The fourth-order valence-electron chi connectivity index (χ4n) is 2.94. The topological polar surface area (TPSA) is 41.1 Å². The van der Waals surface area contributed by atoms with Crippen LogP contribution >= 0.6 is 11.8 Å². The number of benzene rings is 1. The molecule has 1 fully saturated rings. The number of hydrogen-bond acceptors (Lipinski definition) is 3. The Kier molecular flexibility index (Phi) is 5.97. The van der Waals surface area contributed by atoms with Gasteiger partial charge in [0.2, 0.25) is 0 Å². The molecule has 0 radical (unpaired) electrons. The molecule has 0 heterocycles. The first-order valence-electron chi connectivity index (χ1n) is 7.86. The van der Waals surface area contributed by atoms with E-state index in [0.29, 0.717) is 0 Å². The quantitative estimate of drug-likeness (QED) is 0.837. The van der Waals surface area contributed by atoms with Crippen LogP contribution in [0.4, 0.5) is 5.69 Å². The molecule has 21 heavy (non-hydrogen) atoms. The summed E-state index contributed by atoms with van der Waals surface area (Å²) in [7, 11) is 0. The van der Waals surface area contributed by atoms with E-state index in [-0.39, 0.29) is 10.7 Å². The highest BCUT2D eigenvalue weighted by molar-refractivity contribution is 8.00. The van der Waals surface area contributed by atoms with Gasteiger partial charge in [-0.3, -0.25) is 4.79 Å². The van der Waals surface area contributed by atoms with Gasteiger partial charge in [-0.25, -0.2) is 0 Å². The predicted molar refractivity (Wildman–Crippen MR) is 92.3 cm³/mol. The molecule has 0 aromatic heterocycles. The summed E-state index contributed by atoms with van der Waals surface area (Å²) < 4.78 is 0.248. The lowest BCUT2D eigenvalue weighted by molar-refractivity contribution is 0.0947. The first-order chi connectivity index (χ1) is 10.2. The molecule has 1 aromatic rings. The Balaban J connectivity index is 1.91. The molecule has 116 valence electrons. The van der Waals surface area contributed by atoms with Gasteiger partial charge in [-0.15, -0.1) is 0 Å². The Hall–Kier alpha value is -1.16. The molecule has 0 saturated heterocycles. The van der Waals surface area contributed by atoms with Crippen LogP contribution in [-0.4, -0.2) is 30.0 Å². The van der Waals surface area contributed by atoms with Crippen LogP contribution in [0.15, 0.2) is 24.3 Å². The van der Waals surface area contributed by atoms with Gasteiger partial charge in [-0.1, -0.05) is 19.3 Å². The summed E-state index contributed by atoms with van der Waals surface area (Å²) in [5.41, 5.74) is 1.80. The van der Waals surface area contributed by atoms with Gasteiger partial charge in [0, 0.05) is 29.1 Å². The monoisotopic (exact) mass is 306 g/mol. The van der Waals surface area contributed by atoms with Gasteiger partial charge in [-0.05, 0) is 50.3 Å². The van der Waals surface area contributed by atoms with Gasteiger partial charge in [0.15, 0.2) is 0 Å². The summed E-state index contributed by atoms with van der Waals surface area (Å²) in [4.78, 5) is 12.3. The molecule has 0 aliphatic heterocycles. The first kappa shape index (κ1) is 16.2. The molecule has 0 atom stereocenters. The van der Waals surface area contributed by atoms with Crippen LogP contribution in [0.2, 0.25) is 0 Å². The van der Waals surface area contributed by atoms with E-state index in [1.807, 2.05) is 36.0 Å². The number of anilines is 1. The zero-order valence-corrected chi connectivity index (χ0v) is 13.9. The van der Waals surface area contributed by atoms with Crippen molar-refractivity contribution in [2.45, 2.75) is 43.8 Å². The Morgan fingerprint density at radius 1 is 1.19 bits per heavy atom. The second-order valence-electron chi connectivity index (χ2n) is 5.74. The van der Waals surface area contributed by atoms with E-state index >= 15 is 0 Å². The molecule has 4 heteroatoms. The largest absolute Gasteiger partial charge is 0.385 e. The normalized spacial score (nSPS) is 17.2. The van der Waals surface area contributed by atoms with Crippen molar-refractivity contribution in [1.29, 1.82) is 0 Å². The van der Waals surface area contributed by atoms with Crippen molar-refractivity contribution >= 4 is 23.4 Å². The van der Waals surface area contributed by atoms with Crippen molar-refractivity contribution in [3.05, 3.63) is 29.8 Å². The summed E-state index contributed by atoms with van der Waals surface area (Å²) in [5, 5.41) is 6.37. The van der Waals surface area contributed by atoms with E-state index in [1.165, 1.54) is 32.1 Å². The van der Waals surface area contributed by atoms with Crippen molar-refractivity contribution in [3.63, 3.8) is 0 Å². The SMILES string of the molecule is CCNc1ccc(C(=O)NCC2(SC)CCCCC2)cc1. The molecular weight excluding hydrogens is 280 g/mol. The van der Waals surface area contributed by atoms with Crippen molar-refractivity contribution in [3.8, 4) is 0 Å². The Morgan fingerprint density at radius 3 is 2.43 bits per heavy atom. The lowest BCUT2D eigenvalue weighted by Crippen LogP contribution is -2.41. The molecule has 0 spiro atoms. The maximum absolute atomic E-state index is 12.3. The third-order valence-corrected chi connectivity index (χ3v) is 5.72. The second kappa shape index (κ2) is 7.74. The van der Waals surface area contributed by atoms with Gasteiger partial charge >= 0.3 is 0 Å². The van der Waals surface area contributed by atoms with Gasteiger partial charge < -0.3 is 10.6 Å². The van der Waals surface area contributed by atoms with E-state index in [0.717, 1.165) is 24.3 Å². The molecule has 1 saturated carbocycles. The minimum absolute atomic E-state index is 0.0389. The fourth-order valence-corrected chi connectivity index (χ4v) is 3.85. The fraction of sp³-hybridized carbons (Fsp3) is 0.588. The molecular formula is C17H26N2OS. The first-order valence-corrected chi connectivity index (χ1v) is 9.09. The summed E-state index contributed by atoms with van der Waals surface area (Å²) in [6.07, 6.45) is 8.51. The molecule has 1 aliphatic rings. The average Bonchev–Trinajstić information content (AvgIpc) is 2.54. The lowest BCUT2D eigenvalue weighted by atomic mass is 9.88. The highest BCUT2D eigenvalue weighted by atomic mass is 32.2. The second-order valence-corrected chi connectivity index (χ2v) is 7.01. The van der Waals surface area contributed by atoms with Crippen molar-refractivity contribution in [2.75, 3.05) is 24.7 Å². The minimum atomic E-state index is 0.0389. The third-order valence-electron chi connectivity index (χ3n) is 4.30. The summed E-state index contributed by atoms with van der Waals surface area (Å²) in [5.74, 6) is 0.0389. The van der Waals surface area contributed by atoms with Crippen LogP contribution in [0.5, 0.6) is 0 Å². The van der Waals surface area contributed by atoms with Crippen LogP contribution in [0.1, 0.15) is 49.4 Å². The molecule has 0 unspecified atom stereocenters. The maximum Gasteiger partial charge on any atom is 0.251 e. The summed E-state index contributed by atoms with van der Waals surface area (Å²) in [6.45, 7) is 3.73. The molecule has 3 nitrogen and oxygen atoms in total. The highest BCUT2D eigenvalue weighted by Crippen LogP contribution is 2.37. The third kappa shape index (κ3) is 4.40. The van der Waals surface area contributed by atoms with Crippen molar-refractivity contribution in [1.82, 2.24) is 5.32 Å². The van der Waals surface area contributed by atoms with Crippen molar-refractivity contribution < 1.29 is 4.79 Å².